The van der Waals surface area contributed by atoms with Gasteiger partial charge in [-0.3, -0.25) is 14.4 Å². The summed E-state index contributed by atoms with van der Waals surface area (Å²) in [5.41, 5.74) is 2.43. The molecule has 1 unspecified atom stereocenters. The van der Waals surface area contributed by atoms with Crippen molar-refractivity contribution in [3.05, 3.63) is 59.2 Å². The summed E-state index contributed by atoms with van der Waals surface area (Å²) in [4.78, 5) is 30.4. The van der Waals surface area contributed by atoms with Gasteiger partial charge in [0, 0.05) is 5.92 Å². The maximum atomic E-state index is 12.4. The van der Waals surface area contributed by atoms with Crippen LogP contribution in [0.25, 0.3) is 0 Å². The number of ether oxygens (including phenoxy) is 2. The molecular formula is C28H39NO6S. The van der Waals surface area contributed by atoms with Gasteiger partial charge in [0.05, 0.1) is 32.3 Å². The average Bonchev–Trinajstić information content (AvgIpc) is 2.79. The van der Waals surface area contributed by atoms with Crippen LogP contribution in [-0.4, -0.2) is 41.7 Å². The van der Waals surface area contributed by atoms with Gasteiger partial charge in [-0.2, -0.15) is 0 Å². The van der Waals surface area contributed by atoms with Crippen molar-refractivity contribution in [3.8, 4) is 11.5 Å². The predicted molar refractivity (Wildman–Crippen MR) is 143 cm³/mol. The number of amides is 1. The van der Waals surface area contributed by atoms with Crippen LogP contribution in [0, 0.1) is 11.3 Å². The summed E-state index contributed by atoms with van der Waals surface area (Å²) in [6.45, 7) is 12.3. The fourth-order valence-corrected chi connectivity index (χ4v) is 3.53. The average molecular weight is 518 g/mol. The number of hydrogen-bond donors (Lipinski definition) is 2. The number of hydrogen-bond acceptors (Lipinski definition) is 6. The fourth-order valence-electron chi connectivity index (χ4n) is 3.40. The van der Waals surface area contributed by atoms with E-state index in [1.807, 2.05) is 0 Å². The number of hydroxylamine groups is 2. The highest BCUT2D eigenvalue weighted by Crippen LogP contribution is 2.27. The van der Waals surface area contributed by atoms with Crippen LogP contribution >= 0.6 is 12.6 Å². The largest absolute Gasteiger partial charge is 0.504 e. The number of benzene rings is 2. The molecular weight excluding hydrogens is 478 g/mol. The van der Waals surface area contributed by atoms with Crippen molar-refractivity contribution in [2.45, 2.75) is 59.9 Å². The summed E-state index contributed by atoms with van der Waals surface area (Å²) in [5, 5.41) is 10.4. The maximum Gasteiger partial charge on any atom is 0.311 e. The fraction of sp³-hybridized carbons (Fsp3) is 0.500. The minimum absolute atomic E-state index is 0.00382. The van der Waals surface area contributed by atoms with E-state index in [9.17, 15) is 14.7 Å². The maximum absolute atomic E-state index is 12.4. The van der Waals surface area contributed by atoms with Gasteiger partial charge in [-0.05, 0) is 61.4 Å². The van der Waals surface area contributed by atoms with Gasteiger partial charge in [0.2, 0.25) is 0 Å². The normalized spacial score (nSPS) is 12.7. The van der Waals surface area contributed by atoms with E-state index in [0.29, 0.717) is 17.7 Å². The van der Waals surface area contributed by atoms with Crippen LogP contribution in [0.4, 0.5) is 4.79 Å². The van der Waals surface area contributed by atoms with E-state index in [2.05, 4.69) is 57.7 Å². The molecule has 0 fully saturated rings. The number of nitrogens with zero attached hydrogens (tertiary/aromatic N) is 1. The Labute approximate surface area is 220 Å². The Hall–Kier alpha value is -2.71. The monoisotopic (exact) mass is 517 g/mol. The van der Waals surface area contributed by atoms with Crippen LogP contribution in [0.3, 0.4) is 0 Å². The first-order valence-corrected chi connectivity index (χ1v) is 12.4. The molecule has 0 saturated heterocycles. The van der Waals surface area contributed by atoms with E-state index in [-0.39, 0.29) is 42.8 Å². The van der Waals surface area contributed by atoms with Crippen LogP contribution in [0.15, 0.2) is 42.5 Å². The molecule has 0 saturated carbocycles. The Morgan fingerprint density at radius 2 is 1.58 bits per heavy atom. The molecule has 8 heteroatoms. The lowest BCUT2D eigenvalue weighted by Gasteiger charge is -2.25. The standard InChI is InChI=1S/C28H39NO6S/c1-27(2,3)22-11-8-19(9-12-22)14-21(17-34-25(31)28(4,5)6)18-35-29(26(32)36)16-20-10-13-23(30)24(15-20)33-7/h8-13,15,21,30H,14,16-18H2,1-7H3,(H,32,36). The molecule has 0 aliphatic heterocycles. The number of phenols is 1. The molecule has 1 N–H and O–H groups in total. The van der Waals surface area contributed by atoms with E-state index in [0.717, 1.165) is 10.6 Å². The molecule has 0 heterocycles. The number of esters is 1. The number of methoxy groups -OCH3 is 1. The van der Waals surface area contributed by atoms with Crippen molar-refractivity contribution >= 4 is 23.8 Å². The summed E-state index contributed by atoms with van der Waals surface area (Å²) >= 11 is 3.95. The molecule has 0 radical (unpaired) electrons. The van der Waals surface area contributed by atoms with Gasteiger partial charge in [-0.25, -0.2) is 5.06 Å². The van der Waals surface area contributed by atoms with Gasteiger partial charge in [-0.1, -0.05) is 63.7 Å². The summed E-state index contributed by atoms with van der Waals surface area (Å²) in [5.74, 6) is -0.191. The van der Waals surface area contributed by atoms with Gasteiger partial charge in [0.25, 0.3) is 0 Å². The zero-order chi connectivity index (χ0) is 27.1. The van der Waals surface area contributed by atoms with Gasteiger partial charge in [0.1, 0.15) is 0 Å². The Bertz CT molecular complexity index is 1020. The molecule has 198 valence electrons. The van der Waals surface area contributed by atoms with Crippen LogP contribution in [-0.2, 0) is 32.7 Å². The van der Waals surface area contributed by atoms with Gasteiger partial charge in [-0.15, -0.1) is 0 Å². The van der Waals surface area contributed by atoms with E-state index in [1.165, 1.54) is 18.7 Å². The van der Waals surface area contributed by atoms with Crippen molar-refractivity contribution < 1.29 is 29.0 Å². The third-order valence-electron chi connectivity index (χ3n) is 5.66. The number of carbonyl (C=O) groups excluding carboxylic acids is 2. The van der Waals surface area contributed by atoms with E-state index in [4.69, 9.17) is 14.3 Å². The second kappa shape index (κ2) is 12.5. The first kappa shape index (κ1) is 29.5. The smallest absolute Gasteiger partial charge is 0.311 e. The molecule has 2 aromatic carbocycles. The van der Waals surface area contributed by atoms with Crippen LogP contribution in [0.5, 0.6) is 11.5 Å². The molecule has 7 nitrogen and oxygen atoms in total. The topological polar surface area (TPSA) is 85.3 Å². The summed E-state index contributed by atoms with van der Waals surface area (Å²) < 4.78 is 10.7. The number of phenolic OH excluding ortho intramolecular Hbond substituents is 1. The highest BCUT2D eigenvalue weighted by molar-refractivity contribution is 7.96. The number of thiol groups is 1. The molecule has 0 spiro atoms. The van der Waals surface area contributed by atoms with E-state index >= 15 is 0 Å². The number of rotatable bonds is 10. The summed E-state index contributed by atoms with van der Waals surface area (Å²) in [7, 11) is 1.45. The van der Waals surface area contributed by atoms with Crippen molar-refractivity contribution in [1.82, 2.24) is 5.06 Å². The van der Waals surface area contributed by atoms with Crippen molar-refractivity contribution in [1.29, 1.82) is 0 Å². The first-order chi connectivity index (χ1) is 16.7. The minimum Gasteiger partial charge on any atom is -0.504 e. The third kappa shape index (κ3) is 9.06. The van der Waals surface area contributed by atoms with Gasteiger partial charge in [0.15, 0.2) is 11.5 Å². The Kier molecular flexibility index (Phi) is 10.3. The van der Waals surface area contributed by atoms with E-state index < -0.39 is 10.7 Å². The lowest BCUT2D eigenvalue weighted by molar-refractivity contribution is -0.160. The second-order valence-corrected chi connectivity index (χ2v) is 11.4. The van der Waals surface area contributed by atoms with Crippen LogP contribution in [0.1, 0.15) is 58.2 Å². The molecule has 0 aliphatic carbocycles. The second-order valence-electron chi connectivity index (χ2n) is 11.0. The third-order valence-corrected chi connectivity index (χ3v) is 5.88. The highest BCUT2D eigenvalue weighted by atomic mass is 32.1. The molecule has 1 amide bonds. The lowest BCUT2D eigenvalue weighted by Crippen LogP contribution is -2.32. The van der Waals surface area contributed by atoms with Crippen molar-refractivity contribution in [2.75, 3.05) is 20.3 Å². The van der Waals surface area contributed by atoms with Crippen molar-refractivity contribution in [2.24, 2.45) is 11.3 Å². The Balaban J connectivity index is 2.15. The Morgan fingerprint density at radius 3 is 2.11 bits per heavy atom. The zero-order valence-electron chi connectivity index (χ0n) is 22.3. The quantitative estimate of drug-likeness (QED) is 0.231. The molecule has 1 atom stereocenters. The minimum atomic E-state index is -0.620. The van der Waals surface area contributed by atoms with E-state index in [1.54, 1.807) is 32.9 Å². The summed E-state index contributed by atoms with van der Waals surface area (Å²) in [6.07, 6.45) is 0.601. The Morgan fingerprint density at radius 1 is 0.972 bits per heavy atom. The first-order valence-electron chi connectivity index (χ1n) is 12.0. The lowest BCUT2D eigenvalue weighted by atomic mass is 9.86. The van der Waals surface area contributed by atoms with Gasteiger partial charge >= 0.3 is 11.2 Å². The predicted octanol–water partition coefficient (Wildman–Crippen LogP) is 5.93. The highest BCUT2D eigenvalue weighted by Gasteiger charge is 2.25. The van der Waals surface area contributed by atoms with Crippen LogP contribution < -0.4 is 4.74 Å². The molecule has 2 rings (SSSR count). The molecule has 2 aromatic rings. The SMILES string of the molecule is COc1cc(CN(OCC(COC(=O)C(C)(C)C)Cc2ccc(C(C)(C)C)cc2)C(=O)S)ccc1O. The van der Waals surface area contributed by atoms with Crippen molar-refractivity contribution in [3.63, 3.8) is 0 Å². The molecule has 0 bridgehead atoms. The number of carbonyl (C=O) groups is 2. The molecule has 36 heavy (non-hydrogen) atoms. The molecule has 0 aromatic heterocycles. The zero-order valence-corrected chi connectivity index (χ0v) is 23.2. The summed E-state index contributed by atoms with van der Waals surface area (Å²) in [6, 6.07) is 13.1. The van der Waals surface area contributed by atoms with Crippen LogP contribution in [0.2, 0.25) is 0 Å². The number of aromatic hydroxyl groups is 1. The van der Waals surface area contributed by atoms with Gasteiger partial charge < -0.3 is 14.6 Å². The molecule has 0 aliphatic rings.